The molecule has 2 rings (SSSR count). The average molecular weight is 330 g/mol. The molecule has 114 valence electrons. The molecule has 1 amide bonds. The van der Waals surface area contributed by atoms with Crippen LogP contribution in [0, 0.1) is 0 Å². The van der Waals surface area contributed by atoms with Gasteiger partial charge in [-0.05, 0) is 31.4 Å². The number of hydrogen-bond acceptors (Lipinski definition) is 4. The van der Waals surface area contributed by atoms with E-state index in [0.717, 1.165) is 4.90 Å². The molecule has 0 aliphatic carbocycles. The van der Waals surface area contributed by atoms with Crippen LogP contribution in [0.4, 0.5) is 0 Å². The third-order valence-electron chi connectivity index (χ3n) is 3.23. The van der Waals surface area contributed by atoms with Crippen molar-refractivity contribution in [3.63, 3.8) is 0 Å². The Morgan fingerprint density at radius 1 is 1.43 bits per heavy atom. The molecule has 2 atom stereocenters. The predicted molar refractivity (Wildman–Crippen MR) is 81.1 cm³/mol. The lowest BCUT2D eigenvalue weighted by molar-refractivity contribution is -0.160. The summed E-state index contributed by atoms with van der Waals surface area (Å²) in [4.78, 5) is 26.1. The highest BCUT2D eigenvalue weighted by atomic mass is 35.5. The molecule has 1 aliphatic rings. The molecule has 0 radical (unpaired) electrons. The van der Waals surface area contributed by atoms with Crippen LogP contribution in [0.2, 0.25) is 5.02 Å². The fourth-order valence-electron chi connectivity index (χ4n) is 2.22. The van der Waals surface area contributed by atoms with Crippen LogP contribution >= 0.6 is 23.4 Å². The van der Waals surface area contributed by atoms with E-state index in [1.165, 1.54) is 16.7 Å². The van der Waals surface area contributed by atoms with Gasteiger partial charge in [0.05, 0.1) is 23.2 Å². The molecule has 5 nitrogen and oxygen atoms in total. The van der Waals surface area contributed by atoms with Crippen LogP contribution < -0.4 is 0 Å². The number of thioether (sulfide) groups is 1. The van der Waals surface area contributed by atoms with Crippen LogP contribution in [0.3, 0.4) is 0 Å². The maximum atomic E-state index is 12.6. The fraction of sp³-hybridized carbons (Fsp3) is 0.429. The van der Waals surface area contributed by atoms with Gasteiger partial charge in [0.25, 0.3) is 5.91 Å². The Morgan fingerprint density at radius 2 is 2.14 bits per heavy atom. The second-order valence-electron chi connectivity index (χ2n) is 4.83. The molecular weight excluding hydrogens is 314 g/mol. The van der Waals surface area contributed by atoms with Gasteiger partial charge >= 0.3 is 5.97 Å². The lowest BCUT2D eigenvalue weighted by Gasteiger charge is -2.35. The van der Waals surface area contributed by atoms with Crippen molar-refractivity contribution in [3.8, 4) is 0 Å². The van der Waals surface area contributed by atoms with E-state index in [2.05, 4.69) is 0 Å². The largest absolute Gasteiger partial charge is 0.479 e. The summed E-state index contributed by atoms with van der Waals surface area (Å²) in [5.41, 5.74) is 0.391. The number of nitrogens with zero attached hydrogens (tertiary/aromatic N) is 1. The molecule has 1 aromatic carbocycles. The molecule has 0 bridgehead atoms. The van der Waals surface area contributed by atoms with Crippen molar-refractivity contribution in [2.75, 3.05) is 19.3 Å². The number of rotatable bonds is 3. The average Bonchev–Trinajstić information content (AvgIpc) is 2.46. The van der Waals surface area contributed by atoms with Crippen LogP contribution in [-0.4, -0.2) is 53.4 Å². The first-order valence-electron chi connectivity index (χ1n) is 6.43. The van der Waals surface area contributed by atoms with Crippen LogP contribution in [0.1, 0.15) is 17.3 Å². The number of carbonyl (C=O) groups is 2. The molecule has 1 aliphatic heterocycles. The van der Waals surface area contributed by atoms with Crippen molar-refractivity contribution >= 4 is 35.2 Å². The third kappa shape index (κ3) is 3.70. The second kappa shape index (κ2) is 6.68. The lowest BCUT2D eigenvalue weighted by Crippen LogP contribution is -2.51. The Kier molecular flexibility index (Phi) is 5.13. The minimum absolute atomic E-state index is 0.0261. The Morgan fingerprint density at radius 3 is 2.76 bits per heavy atom. The Labute approximate surface area is 132 Å². The van der Waals surface area contributed by atoms with E-state index >= 15 is 0 Å². The van der Waals surface area contributed by atoms with Gasteiger partial charge in [-0.2, -0.15) is 0 Å². The number of halogens is 1. The number of morpholine rings is 1. The summed E-state index contributed by atoms with van der Waals surface area (Å²) in [6.07, 6.45) is 0.584. The Balaban J connectivity index is 2.24. The molecule has 1 saturated heterocycles. The molecule has 21 heavy (non-hydrogen) atoms. The number of ether oxygens (including phenoxy) is 1. The number of carboxylic acid groups (broad SMARTS) is 1. The Hall–Kier alpha value is -1.24. The fourth-order valence-corrected chi connectivity index (χ4v) is 2.86. The molecular formula is C14H16ClNO4S. The Bertz CT molecular complexity index is 566. The number of benzene rings is 1. The van der Waals surface area contributed by atoms with Gasteiger partial charge in [0.15, 0.2) is 6.10 Å². The molecule has 0 aromatic heterocycles. The first kappa shape index (κ1) is 16.1. The quantitative estimate of drug-likeness (QED) is 0.862. The van der Waals surface area contributed by atoms with Crippen molar-refractivity contribution in [3.05, 3.63) is 28.8 Å². The summed E-state index contributed by atoms with van der Waals surface area (Å²) in [6, 6.07) is 5.25. The zero-order valence-electron chi connectivity index (χ0n) is 11.7. The summed E-state index contributed by atoms with van der Waals surface area (Å²) in [5, 5.41) is 9.44. The highest BCUT2D eigenvalue weighted by Crippen LogP contribution is 2.25. The minimum Gasteiger partial charge on any atom is -0.479 e. The van der Waals surface area contributed by atoms with Crippen LogP contribution in [-0.2, 0) is 9.53 Å². The van der Waals surface area contributed by atoms with E-state index < -0.39 is 12.1 Å². The summed E-state index contributed by atoms with van der Waals surface area (Å²) in [6.45, 7) is 2.12. The number of carbonyl (C=O) groups excluding carboxylic acids is 1. The van der Waals surface area contributed by atoms with Crippen molar-refractivity contribution in [1.82, 2.24) is 4.90 Å². The highest BCUT2D eigenvalue weighted by Gasteiger charge is 2.33. The maximum Gasteiger partial charge on any atom is 0.334 e. The monoisotopic (exact) mass is 329 g/mol. The first-order chi connectivity index (χ1) is 9.92. The molecule has 0 spiro atoms. The summed E-state index contributed by atoms with van der Waals surface area (Å²) >= 11 is 7.61. The van der Waals surface area contributed by atoms with E-state index in [0.29, 0.717) is 17.1 Å². The minimum atomic E-state index is -1.07. The SMILES string of the molecule is CSc1ccc(Cl)c(C(=O)N2CC(C(=O)O)O[C@H](C)C2)c1. The van der Waals surface area contributed by atoms with E-state index in [1.807, 2.05) is 12.3 Å². The number of aliphatic carboxylic acids is 1. The van der Waals surface area contributed by atoms with E-state index in [-0.39, 0.29) is 18.6 Å². The van der Waals surface area contributed by atoms with Crippen LogP contribution in [0.15, 0.2) is 23.1 Å². The van der Waals surface area contributed by atoms with Gasteiger partial charge in [-0.25, -0.2) is 4.79 Å². The number of amides is 1. The second-order valence-corrected chi connectivity index (χ2v) is 6.12. The van der Waals surface area contributed by atoms with Gasteiger partial charge in [0.2, 0.25) is 0 Å². The number of carboxylic acids is 1. The van der Waals surface area contributed by atoms with Crippen LogP contribution in [0.5, 0.6) is 0 Å². The molecule has 1 fully saturated rings. The highest BCUT2D eigenvalue weighted by molar-refractivity contribution is 7.98. The standard InChI is InChI=1S/C14H16ClNO4S/c1-8-6-16(7-12(20-8)14(18)19)13(17)10-5-9(21-2)3-4-11(10)15/h3-5,8,12H,6-7H2,1-2H3,(H,18,19)/t8-,12?/m1/s1. The van der Waals surface area contributed by atoms with E-state index in [9.17, 15) is 9.59 Å². The van der Waals surface area contributed by atoms with Crippen molar-refractivity contribution in [1.29, 1.82) is 0 Å². The van der Waals surface area contributed by atoms with E-state index in [1.54, 1.807) is 19.1 Å². The van der Waals surface area contributed by atoms with Crippen molar-refractivity contribution in [2.24, 2.45) is 0 Å². The van der Waals surface area contributed by atoms with Crippen molar-refractivity contribution in [2.45, 2.75) is 24.0 Å². The van der Waals surface area contributed by atoms with Gasteiger partial charge in [0, 0.05) is 11.4 Å². The smallest absolute Gasteiger partial charge is 0.334 e. The van der Waals surface area contributed by atoms with Gasteiger partial charge < -0.3 is 14.7 Å². The zero-order chi connectivity index (χ0) is 15.6. The van der Waals surface area contributed by atoms with Gasteiger partial charge in [-0.1, -0.05) is 11.6 Å². The molecule has 1 unspecified atom stereocenters. The first-order valence-corrected chi connectivity index (χ1v) is 8.03. The molecule has 1 aromatic rings. The predicted octanol–water partition coefficient (Wildman–Crippen LogP) is 2.38. The van der Waals surface area contributed by atoms with Gasteiger partial charge in [-0.15, -0.1) is 11.8 Å². The zero-order valence-corrected chi connectivity index (χ0v) is 13.3. The lowest BCUT2D eigenvalue weighted by atomic mass is 10.1. The summed E-state index contributed by atoms with van der Waals surface area (Å²) < 4.78 is 5.31. The van der Waals surface area contributed by atoms with Crippen LogP contribution in [0.25, 0.3) is 0 Å². The normalized spacial score (nSPS) is 22.1. The molecule has 0 saturated carbocycles. The number of hydrogen-bond donors (Lipinski definition) is 1. The van der Waals surface area contributed by atoms with E-state index in [4.69, 9.17) is 21.4 Å². The summed E-state index contributed by atoms with van der Waals surface area (Å²) in [5.74, 6) is -1.33. The topological polar surface area (TPSA) is 66.8 Å². The molecule has 1 N–H and O–H groups in total. The molecule has 7 heteroatoms. The summed E-state index contributed by atoms with van der Waals surface area (Å²) in [7, 11) is 0. The van der Waals surface area contributed by atoms with Gasteiger partial charge in [0.1, 0.15) is 0 Å². The molecule has 1 heterocycles. The van der Waals surface area contributed by atoms with Crippen molar-refractivity contribution < 1.29 is 19.4 Å². The van der Waals surface area contributed by atoms with Gasteiger partial charge in [-0.3, -0.25) is 4.79 Å². The maximum absolute atomic E-state index is 12.6. The third-order valence-corrected chi connectivity index (χ3v) is 4.28.